The lowest BCUT2D eigenvalue weighted by atomic mass is 10.1. The van der Waals surface area contributed by atoms with Gasteiger partial charge in [0, 0.05) is 50.7 Å². The van der Waals surface area contributed by atoms with Crippen molar-refractivity contribution in [3.63, 3.8) is 0 Å². The van der Waals surface area contributed by atoms with Crippen molar-refractivity contribution in [1.82, 2.24) is 29.0 Å². The first-order chi connectivity index (χ1) is 18.9. The molecule has 0 bridgehead atoms. The summed E-state index contributed by atoms with van der Waals surface area (Å²) in [7, 11) is 3.61. The number of hydrogen-bond donors (Lipinski definition) is 1. The first-order valence-electron chi connectivity index (χ1n) is 13.4. The van der Waals surface area contributed by atoms with E-state index in [4.69, 9.17) is 9.47 Å². The van der Waals surface area contributed by atoms with E-state index in [9.17, 15) is 9.59 Å². The highest BCUT2D eigenvalue weighted by atomic mass is 16.6. The third kappa shape index (κ3) is 5.38. The Kier molecular flexibility index (Phi) is 7.03. The number of carbonyl (C=O) groups is 2. The maximum absolute atomic E-state index is 13.5. The standard InChI is InChI=1S/C28H36N8O4/c1-8-39-26-24-29-17(2)13-36(24)16-22(31-26)30-25(37)19-9-10-21(20-15-33(6)32-23(19)20)35-12-11-18(14-35)34(7)27(38)40-28(3,4)5/h9-10,13,15-16,18H,8,11-12,14H2,1-7H3,(H,30,37). The van der Waals surface area contributed by atoms with Crippen molar-refractivity contribution in [2.75, 3.05) is 37.0 Å². The van der Waals surface area contributed by atoms with Gasteiger partial charge >= 0.3 is 6.09 Å². The van der Waals surface area contributed by atoms with Crippen molar-refractivity contribution in [3.8, 4) is 5.88 Å². The molecular weight excluding hydrogens is 512 g/mol. The van der Waals surface area contributed by atoms with Crippen molar-refractivity contribution >= 4 is 40.1 Å². The monoisotopic (exact) mass is 548 g/mol. The van der Waals surface area contributed by atoms with E-state index < -0.39 is 5.60 Å². The van der Waals surface area contributed by atoms with Crippen LogP contribution >= 0.6 is 0 Å². The minimum absolute atomic E-state index is 0.0110. The number of benzene rings is 1. The normalized spacial score (nSPS) is 15.6. The van der Waals surface area contributed by atoms with Crippen LogP contribution in [0.2, 0.25) is 0 Å². The molecule has 1 unspecified atom stereocenters. The van der Waals surface area contributed by atoms with Crippen LogP contribution in [0, 0.1) is 6.92 Å². The molecule has 12 heteroatoms. The lowest BCUT2D eigenvalue weighted by Gasteiger charge is -2.29. The van der Waals surface area contributed by atoms with Gasteiger partial charge in [0.15, 0.2) is 5.82 Å². The van der Waals surface area contributed by atoms with Crippen LogP contribution in [-0.2, 0) is 11.8 Å². The second-order valence-corrected chi connectivity index (χ2v) is 11.1. The van der Waals surface area contributed by atoms with Crippen LogP contribution < -0.4 is 15.0 Å². The predicted octanol–water partition coefficient (Wildman–Crippen LogP) is 4.02. The number of imidazole rings is 1. The maximum atomic E-state index is 13.5. The van der Waals surface area contributed by atoms with Gasteiger partial charge in [-0.05, 0) is 53.2 Å². The van der Waals surface area contributed by atoms with Gasteiger partial charge in [-0.25, -0.2) is 9.78 Å². The molecule has 0 radical (unpaired) electrons. The van der Waals surface area contributed by atoms with E-state index >= 15 is 0 Å². The minimum Gasteiger partial charge on any atom is -0.475 e. The lowest BCUT2D eigenvalue weighted by molar-refractivity contribution is 0.0237. The number of likely N-dealkylation sites (N-methyl/N-ethyl adjacent to an activating group) is 1. The van der Waals surface area contributed by atoms with Crippen molar-refractivity contribution < 1.29 is 19.1 Å². The topological polar surface area (TPSA) is 119 Å². The highest BCUT2D eigenvalue weighted by molar-refractivity contribution is 6.13. The number of aromatic nitrogens is 5. The van der Waals surface area contributed by atoms with Crippen LogP contribution in [0.4, 0.5) is 16.3 Å². The van der Waals surface area contributed by atoms with E-state index in [0.29, 0.717) is 41.6 Å². The van der Waals surface area contributed by atoms with Crippen LogP contribution in [0.1, 0.15) is 50.2 Å². The lowest BCUT2D eigenvalue weighted by Crippen LogP contribution is -2.42. The quantitative estimate of drug-likeness (QED) is 0.384. The van der Waals surface area contributed by atoms with Crippen LogP contribution in [-0.4, -0.2) is 79.4 Å². The van der Waals surface area contributed by atoms with Gasteiger partial charge in [0.05, 0.1) is 30.1 Å². The van der Waals surface area contributed by atoms with Gasteiger partial charge in [-0.3, -0.25) is 13.9 Å². The Morgan fingerprint density at radius 3 is 2.67 bits per heavy atom. The number of ether oxygens (including phenoxy) is 2. The number of fused-ring (bicyclic) bond motifs is 2. The Balaban J connectivity index is 1.39. The zero-order valence-electron chi connectivity index (χ0n) is 24.1. The number of nitrogens with zero attached hydrogens (tertiary/aromatic N) is 7. The molecule has 1 aromatic carbocycles. The summed E-state index contributed by atoms with van der Waals surface area (Å²) >= 11 is 0. The maximum Gasteiger partial charge on any atom is 0.410 e. The second-order valence-electron chi connectivity index (χ2n) is 11.1. The average molecular weight is 549 g/mol. The van der Waals surface area contributed by atoms with Crippen molar-refractivity contribution in [1.29, 1.82) is 0 Å². The number of carbonyl (C=O) groups excluding carboxylic acids is 2. The molecule has 3 aromatic heterocycles. The minimum atomic E-state index is -0.550. The number of rotatable bonds is 6. The van der Waals surface area contributed by atoms with E-state index in [0.717, 1.165) is 29.7 Å². The first-order valence-corrected chi connectivity index (χ1v) is 13.4. The first kappa shape index (κ1) is 27.2. The van der Waals surface area contributed by atoms with Crippen molar-refractivity contribution in [2.45, 2.75) is 52.7 Å². The summed E-state index contributed by atoms with van der Waals surface area (Å²) < 4.78 is 14.7. The smallest absolute Gasteiger partial charge is 0.410 e. The summed E-state index contributed by atoms with van der Waals surface area (Å²) in [5.41, 5.74) is 2.85. The molecule has 212 valence electrons. The fraction of sp³-hybridized carbons (Fsp3) is 0.464. The number of aryl methyl sites for hydroxylation is 2. The fourth-order valence-corrected chi connectivity index (χ4v) is 4.99. The number of nitrogens with one attached hydrogen (secondary N) is 1. The summed E-state index contributed by atoms with van der Waals surface area (Å²) in [4.78, 5) is 38.9. The fourth-order valence-electron chi connectivity index (χ4n) is 4.99. The van der Waals surface area contributed by atoms with E-state index in [1.165, 1.54) is 0 Å². The van der Waals surface area contributed by atoms with E-state index in [2.05, 4.69) is 25.3 Å². The van der Waals surface area contributed by atoms with Crippen LogP contribution in [0.3, 0.4) is 0 Å². The SMILES string of the molecule is CCOc1nc(NC(=O)c2ccc(N3CCC(N(C)C(=O)OC(C)(C)C)C3)c3cn(C)nc23)cn2cc(C)nc12. The third-order valence-electron chi connectivity index (χ3n) is 6.80. The molecule has 40 heavy (non-hydrogen) atoms. The van der Waals surface area contributed by atoms with Gasteiger partial charge in [0.2, 0.25) is 5.65 Å². The Morgan fingerprint density at radius 2 is 1.95 bits per heavy atom. The van der Waals surface area contributed by atoms with Gasteiger partial charge in [-0.1, -0.05) is 0 Å². The van der Waals surface area contributed by atoms with Gasteiger partial charge in [-0.15, -0.1) is 0 Å². The molecule has 0 spiro atoms. The number of amides is 2. The molecule has 1 saturated heterocycles. The molecule has 0 aliphatic carbocycles. The third-order valence-corrected chi connectivity index (χ3v) is 6.80. The van der Waals surface area contributed by atoms with Crippen LogP contribution in [0.15, 0.2) is 30.7 Å². The molecule has 2 amide bonds. The highest BCUT2D eigenvalue weighted by Gasteiger charge is 2.32. The van der Waals surface area contributed by atoms with Crippen molar-refractivity contribution in [2.24, 2.45) is 7.05 Å². The highest BCUT2D eigenvalue weighted by Crippen LogP contribution is 2.32. The zero-order chi connectivity index (χ0) is 28.8. The van der Waals surface area contributed by atoms with E-state index in [1.54, 1.807) is 33.3 Å². The molecule has 1 N–H and O–H groups in total. The summed E-state index contributed by atoms with van der Waals surface area (Å²) in [6, 6.07) is 3.74. The molecule has 1 fully saturated rings. The van der Waals surface area contributed by atoms with Gasteiger partial charge < -0.3 is 24.6 Å². The van der Waals surface area contributed by atoms with Crippen LogP contribution in [0.25, 0.3) is 16.6 Å². The molecule has 1 atom stereocenters. The van der Waals surface area contributed by atoms with Crippen LogP contribution in [0.5, 0.6) is 5.88 Å². The predicted molar refractivity (Wildman–Crippen MR) is 152 cm³/mol. The average Bonchev–Trinajstić information content (AvgIpc) is 3.59. The van der Waals surface area contributed by atoms with Crippen molar-refractivity contribution in [3.05, 3.63) is 42.0 Å². The molecule has 1 aliphatic rings. The molecule has 5 rings (SSSR count). The van der Waals surface area contributed by atoms with E-state index in [1.807, 2.05) is 60.1 Å². The molecular formula is C28H36N8O4. The van der Waals surface area contributed by atoms with Gasteiger partial charge in [0.1, 0.15) is 11.1 Å². The molecule has 4 heterocycles. The summed E-state index contributed by atoms with van der Waals surface area (Å²) in [6.07, 6.45) is 5.96. The van der Waals surface area contributed by atoms with Gasteiger partial charge in [-0.2, -0.15) is 10.1 Å². The molecule has 4 aromatic rings. The molecule has 12 nitrogen and oxygen atoms in total. The largest absolute Gasteiger partial charge is 0.475 e. The summed E-state index contributed by atoms with van der Waals surface area (Å²) in [5.74, 6) is 0.371. The summed E-state index contributed by atoms with van der Waals surface area (Å²) in [6.45, 7) is 11.2. The Morgan fingerprint density at radius 1 is 1.18 bits per heavy atom. The van der Waals surface area contributed by atoms with E-state index in [-0.39, 0.29) is 18.0 Å². The Hall–Kier alpha value is -4.35. The second kappa shape index (κ2) is 10.3. The number of hydrogen-bond acceptors (Lipinski definition) is 8. The zero-order valence-corrected chi connectivity index (χ0v) is 24.1. The Bertz CT molecular complexity index is 1580. The number of anilines is 2. The van der Waals surface area contributed by atoms with Gasteiger partial charge in [0.25, 0.3) is 11.8 Å². The Labute approximate surface area is 232 Å². The summed E-state index contributed by atoms with van der Waals surface area (Å²) in [5, 5.41) is 8.38. The molecule has 1 aliphatic heterocycles. The molecule has 0 saturated carbocycles.